The number of aliphatic hydroxyl groups excluding tert-OH is 1. The Morgan fingerprint density at radius 1 is 1.35 bits per heavy atom. The minimum Gasteiger partial charge on any atom is -0.496 e. The lowest BCUT2D eigenvalue weighted by molar-refractivity contribution is 0.0149. The van der Waals surface area contributed by atoms with Gasteiger partial charge in [0.15, 0.2) is 0 Å². The van der Waals surface area contributed by atoms with Crippen LogP contribution in [0.5, 0.6) is 5.75 Å². The third-order valence-electron chi connectivity index (χ3n) is 3.46. The van der Waals surface area contributed by atoms with Gasteiger partial charge in [0.25, 0.3) is 0 Å². The third-order valence-corrected chi connectivity index (χ3v) is 3.46. The molecule has 0 aromatic heterocycles. The summed E-state index contributed by atoms with van der Waals surface area (Å²) in [4.78, 5) is 2.24. The number of ether oxygens (including phenoxy) is 2. The first-order valence-corrected chi connectivity index (χ1v) is 7.10. The van der Waals surface area contributed by atoms with Crippen molar-refractivity contribution in [2.75, 3.05) is 46.5 Å². The van der Waals surface area contributed by atoms with Crippen LogP contribution >= 0.6 is 0 Å². The molecule has 5 nitrogen and oxygen atoms in total. The SMILES string of the molecule is COc1ccccc1CNCC(O)CN1CCOCC1. The van der Waals surface area contributed by atoms with Crippen LogP contribution in [0.1, 0.15) is 5.56 Å². The molecule has 2 rings (SSSR count). The zero-order valence-electron chi connectivity index (χ0n) is 12.0. The Labute approximate surface area is 120 Å². The fourth-order valence-corrected chi connectivity index (χ4v) is 2.37. The number of aliphatic hydroxyl groups is 1. The monoisotopic (exact) mass is 280 g/mol. The number of hydrogen-bond acceptors (Lipinski definition) is 5. The summed E-state index contributed by atoms with van der Waals surface area (Å²) < 4.78 is 10.6. The van der Waals surface area contributed by atoms with Crippen molar-refractivity contribution in [2.45, 2.75) is 12.6 Å². The maximum Gasteiger partial charge on any atom is 0.123 e. The van der Waals surface area contributed by atoms with Gasteiger partial charge in [0.1, 0.15) is 5.75 Å². The fraction of sp³-hybridized carbons (Fsp3) is 0.600. The Morgan fingerprint density at radius 2 is 2.10 bits per heavy atom. The first kappa shape index (κ1) is 15.3. The van der Waals surface area contributed by atoms with Crippen LogP contribution in [0.4, 0.5) is 0 Å². The van der Waals surface area contributed by atoms with Gasteiger partial charge < -0.3 is 19.9 Å². The number of methoxy groups -OCH3 is 1. The van der Waals surface area contributed by atoms with Gasteiger partial charge in [-0.25, -0.2) is 0 Å². The number of β-amino-alcohol motifs (C(OH)–C–C–N with tert-alkyl or cyclic N) is 1. The summed E-state index contributed by atoms with van der Waals surface area (Å²) in [5, 5.41) is 13.3. The van der Waals surface area contributed by atoms with Crippen LogP contribution in [0, 0.1) is 0 Å². The van der Waals surface area contributed by atoms with Gasteiger partial charge in [-0.2, -0.15) is 0 Å². The largest absolute Gasteiger partial charge is 0.496 e. The highest BCUT2D eigenvalue weighted by Gasteiger charge is 2.14. The lowest BCUT2D eigenvalue weighted by atomic mass is 10.2. The van der Waals surface area contributed by atoms with E-state index in [9.17, 15) is 5.11 Å². The number of hydrogen-bond donors (Lipinski definition) is 2. The number of rotatable bonds is 7. The predicted molar refractivity (Wildman–Crippen MR) is 78.0 cm³/mol. The van der Waals surface area contributed by atoms with E-state index >= 15 is 0 Å². The minimum absolute atomic E-state index is 0.359. The maximum absolute atomic E-state index is 10.0. The zero-order valence-corrected chi connectivity index (χ0v) is 12.0. The summed E-state index contributed by atoms with van der Waals surface area (Å²) in [6.07, 6.45) is -0.359. The van der Waals surface area contributed by atoms with Crippen molar-refractivity contribution in [1.29, 1.82) is 0 Å². The molecule has 1 fully saturated rings. The van der Waals surface area contributed by atoms with E-state index in [1.165, 1.54) is 0 Å². The molecule has 1 aromatic carbocycles. The van der Waals surface area contributed by atoms with E-state index in [4.69, 9.17) is 9.47 Å². The van der Waals surface area contributed by atoms with Gasteiger partial charge >= 0.3 is 0 Å². The second kappa shape index (κ2) is 8.21. The smallest absolute Gasteiger partial charge is 0.123 e. The molecule has 1 aromatic rings. The fourth-order valence-electron chi connectivity index (χ4n) is 2.37. The summed E-state index contributed by atoms with van der Waals surface area (Å²) in [6, 6.07) is 7.92. The molecule has 112 valence electrons. The topological polar surface area (TPSA) is 54.0 Å². The number of morpholine rings is 1. The zero-order chi connectivity index (χ0) is 14.2. The van der Waals surface area contributed by atoms with Crippen LogP contribution in [0.2, 0.25) is 0 Å². The molecule has 0 aliphatic carbocycles. The van der Waals surface area contributed by atoms with Crippen molar-refractivity contribution in [3.05, 3.63) is 29.8 Å². The van der Waals surface area contributed by atoms with Gasteiger partial charge in [-0.05, 0) is 6.07 Å². The Kier molecular flexibility index (Phi) is 6.26. The quantitative estimate of drug-likeness (QED) is 0.761. The van der Waals surface area contributed by atoms with Gasteiger partial charge in [-0.3, -0.25) is 4.90 Å². The lowest BCUT2D eigenvalue weighted by Crippen LogP contribution is -2.43. The normalized spacial score (nSPS) is 17.9. The van der Waals surface area contributed by atoms with Crippen LogP contribution in [0.3, 0.4) is 0 Å². The average molecular weight is 280 g/mol. The van der Waals surface area contributed by atoms with Crippen molar-refractivity contribution in [2.24, 2.45) is 0 Å². The van der Waals surface area contributed by atoms with E-state index in [2.05, 4.69) is 10.2 Å². The molecule has 1 aliphatic rings. The molecular weight excluding hydrogens is 256 g/mol. The maximum atomic E-state index is 10.0. The summed E-state index contributed by atoms with van der Waals surface area (Å²) in [7, 11) is 1.67. The first-order chi connectivity index (χ1) is 9.79. The van der Waals surface area contributed by atoms with Gasteiger partial charge in [0.2, 0.25) is 0 Å². The van der Waals surface area contributed by atoms with E-state index in [0.717, 1.165) is 37.6 Å². The molecule has 0 bridgehead atoms. The van der Waals surface area contributed by atoms with Gasteiger partial charge in [0.05, 0.1) is 26.4 Å². The van der Waals surface area contributed by atoms with Crippen LogP contribution in [0.15, 0.2) is 24.3 Å². The van der Waals surface area contributed by atoms with E-state index in [0.29, 0.717) is 19.6 Å². The highest BCUT2D eigenvalue weighted by molar-refractivity contribution is 5.32. The Bertz CT molecular complexity index is 394. The lowest BCUT2D eigenvalue weighted by Gasteiger charge is -2.28. The van der Waals surface area contributed by atoms with Crippen LogP contribution in [-0.4, -0.2) is 62.6 Å². The molecular formula is C15H24N2O3. The summed E-state index contributed by atoms with van der Waals surface area (Å²) in [6.45, 7) is 5.32. The van der Waals surface area contributed by atoms with Gasteiger partial charge in [-0.1, -0.05) is 18.2 Å². The second-order valence-electron chi connectivity index (χ2n) is 5.01. The van der Waals surface area contributed by atoms with Crippen LogP contribution < -0.4 is 10.1 Å². The molecule has 1 saturated heterocycles. The molecule has 0 radical (unpaired) electrons. The predicted octanol–water partition coefficient (Wildman–Crippen LogP) is 0.478. The van der Waals surface area contributed by atoms with Crippen molar-refractivity contribution >= 4 is 0 Å². The molecule has 0 saturated carbocycles. The van der Waals surface area contributed by atoms with Gasteiger partial charge in [-0.15, -0.1) is 0 Å². The first-order valence-electron chi connectivity index (χ1n) is 7.10. The molecule has 2 N–H and O–H groups in total. The van der Waals surface area contributed by atoms with E-state index in [1.54, 1.807) is 7.11 Å². The van der Waals surface area contributed by atoms with E-state index < -0.39 is 0 Å². The molecule has 1 atom stereocenters. The third kappa shape index (κ3) is 4.76. The van der Waals surface area contributed by atoms with Crippen LogP contribution in [-0.2, 0) is 11.3 Å². The summed E-state index contributed by atoms with van der Waals surface area (Å²) in [5.41, 5.74) is 1.11. The van der Waals surface area contributed by atoms with Gasteiger partial charge in [0, 0.05) is 38.3 Å². The highest BCUT2D eigenvalue weighted by Crippen LogP contribution is 2.16. The summed E-state index contributed by atoms with van der Waals surface area (Å²) in [5.74, 6) is 0.877. The molecule has 0 spiro atoms. The Morgan fingerprint density at radius 3 is 2.85 bits per heavy atom. The van der Waals surface area contributed by atoms with Crippen LogP contribution in [0.25, 0.3) is 0 Å². The number of nitrogens with zero attached hydrogens (tertiary/aromatic N) is 1. The van der Waals surface area contributed by atoms with Crippen molar-refractivity contribution in [3.8, 4) is 5.75 Å². The van der Waals surface area contributed by atoms with E-state index in [-0.39, 0.29) is 6.10 Å². The molecule has 1 heterocycles. The number of benzene rings is 1. The number of nitrogens with one attached hydrogen (secondary N) is 1. The molecule has 5 heteroatoms. The molecule has 20 heavy (non-hydrogen) atoms. The summed E-state index contributed by atoms with van der Waals surface area (Å²) >= 11 is 0. The average Bonchev–Trinajstić information content (AvgIpc) is 2.49. The number of para-hydroxylation sites is 1. The molecule has 0 amide bonds. The van der Waals surface area contributed by atoms with E-state index in [1.807, 2.05) is 24.3 Å². The van der Waals surface area contributed by atoms with Crippen molar-refractivity contribution in [1.82, 2.24) is 10.2 Å². The molecule has 1 aliphatic heterocycles. The highest BCUT2D eigenvalue weighted by atomic mass is 16.5. The Balaban J connectivity index is 1.69. The van der Waals surface area contributed by atoms with Crippen molar-refractivity contribution < 1.29 is 14.6 Å². The van der Waals surface area contributed by atoms with Crippen molar-refractivity contribution in [3.63, 3.8) is 0 Å². The minimum atomic E-state index is -0.359. The standard InChI is InChI=1S/C15H24N2O3/c1-19-15-5-3-2-4-13(15)10-16-11-14(18)12-17-6-8-20-9-7-17/h2-5,14,16,18H,6-12H2,1H3. The Hall–Kier alpha value is -1.14. The second-order valence-corrected chi connectivity index (χ2v) is 5.01. The molecule has 1 unspecified atom stereocenters.